The van der Waals surface area contributed by atoms with Crippen LogP contribution in [0.3, 0.4) is 0 Å². The third kappa shape index (κ3) is 10.3. The summed E-state index contributed by atoms with van der Waals surface area (Å²) in [5.41, 5.74) is 7.47. The van der Waals surface area contributed by atoms with Crippen molar-refractivity contribution in [2.45, 2.75) is 119 Å². The maximum Gasteiger partial charge on any atom is 0.149 e. The van der Waals surface area contributed by atoms with Crippen molar-refractivity contribution >= 4 is 17.1 Å². The van der Waals surface area contributed by atoms with Gasteiger partial charge in [-0.05, 0) is 82.5 Å². The van der Waals surface area contributed by atoms with Crippen LogP contribution in [0.1, 0.15) is 126 Å². The molecule has 3 aromatic carbocycles. The minimum Gasteiger partial charge on any atom is -0.507 e. The Kier molecular flexibility index (Phi) is 15.2. The van der Waals surface area contributed by atoms with Crippen LogP contribution in [-0.2, 0) is 0 Å². The first kappa shape index (κ1) is 39.3. The summed E-state index contributed by atoms with van der Waals surface area (Å²) in [5.74, 6) is 2.00. The van der Waals surface area contributed by atoms with E-state index >= 15 is 0 Å². The SMILES string of the molecule is CCCCCCOc1ccc(C2=CC(c3ccc(OCCCCCC)c(C)c3O)=NN(c3ccc(OCCCCCC)c(C)c3O)N2)c(O)c1C. The van der Waals surface area contributed by atoms with Crippen LogP contribution in [0.5, 0.6) is 34.5 Å². The Balaban J connectivity index is 1.68. The summed E-state index contributed by atoms with van der Waals surface area (Å²) in [6, 6.07) is 10.9. The number of hydrogen-bond acceptors (Lipinski definition) is 9. The molecule has 4 rings (SSSR count). The van der Waals surface area contributed by atoms with E-state index in [1.807, 2.05) is 45.0 Å². The predicted molar refractivity (Wildman–Crippen MR) is 208 cm³/mol. The van der Waals surface area contributed by atoms with Gasteiger partial charge in [0.15, 0.2) is 0 Å². The summed E-state index contributed by atoms with van der Waals surface area (Å²) in [6.45, 7) is 13.8. The van der Waals surface area contributed by atoms with Crippen molar-refractivity contribution in [2.75, 3.05) is 24.9 Å². The number of unbranched alkanes of at least 4 members (excludes halogenated alkanes) is 9. The van der Waals surface area contributed by atoms with Crippen LogP contribution in [0, 0.1) is 20.8 Å². The molecule has 1 aliphatic heterocycles. The molecule has 0 amide bonds. The molecule has 51 heavy (non-hydrogen) atoms. The second-order valence-electron chi connectivity index (χ2n) is 13.4. The number of nitrogens with zero attached hydrogens (tertiary/aromatic N) is 2. The average molecular weight is 702 g/mol. The molecule has 0 unspecified atom stereocenters. The van der Waals surface area contributed by atoms with E-state index in [2.05, 4.69) is 26.2 Å². The van der Waals surface area contributed by atoms with Crippen molar-refractivity contribution in [2.24, 2.45) is 5.10 Å². The van der Waals surface area contributed by atoms with E-state index in [0.29, 0.717) is 82.0 Å². The van der Waals surface area contributed by atoms with Gasteiger partial charge in [0.1, 0.15) is 40.2 Å². The number of allylic oxidation sites excluding steroid dienone is 1. The summed E-state index contributed by atoms with van der Waals surface area (Å²) >= 11 is 0. The number of aromatic hydroxyl groups is 3. The number of ether oxygens (including phenoxy) is 3. The number of hydrazine groups is 1. The minimum absolute atomic E-state index is 0.0114. The highest BCUT2D eigenvalue weighted by molar-refractivity contribution is 6.15. The molecule has 1 heterocycles. The number of benzene rings is 3. The van der Waals surface area contributed by atoms with Crippen molar-refractivity contribution < 1.29 is 29.5 Å². The van der Waals surface area contributed by atoms with Crippen LogP contribution in [0.2, 0.25) is 0 Å². The second kappa shape index (κ2) is 19.8. The fraction of sp³-hybridized carbons (Fsp3) is 0.500. The summed E-state index contributed by atoms with van der Waals surface area (Å²) in [4.78, 5) is 0. The number of anilines is 1. The van der Waals surface area contributed by atoms with Gasteiger partial charge in [-0.1, -0.05) is 78.6 Å². The molecule has 0 saturated heterocycles. The molecule has 0 bridgehead atoms. The van der Waals surface area contributed by atoms with E-state index in [1.54, 1.807) is 18.2 Å². The van der Waals surface area contributed by atoms with Gasteiger partial charge in [-0.3, -0.25) is 5.43 Å². The molecule has 9 nitrogen and oxygen atoms in total. The first-order chi connectivity index (χ1) is 24.7. The highest BCUT2D eigenvalue weighted by Crippen LogP contribution is 2.40. The zero-order chi connectivity index (χ0) is 36.8. The summed E-state index contributed by atoms with van der Waals surface area (Å²) in [5, 5.41) is 40.7. The Labute approximate surface area is 304 Å². The van der Waals surface area contributed by atoms with Crippen molar-refractivity contribution in [3.05, 3.63) is 70.3 Å². The topological polar surface area (TPSA) is 116 Å². The lowest BCUT2D eigenvalue weighted by Crippen LogP contribution is -2.37. The Morgan fingerprint density at radius 3 is 1.47 bits per heavy atom. The van der Waals surface area contributed by atoms with Gasteiger partial charge in [-0.2, -0.15) is 10.2 Å². The van der Waals surface area contributed by atoms with Gasteiger partial charge in [0.05, 0.1) is 31.2 Å². The number of hydrazone groups is 1. The van der Waals surface area contributed by atoms with E-state index in [0.717, 1.165) is 64.2 Å². The van der Waals surface area contributed by atoms with Gasteiger partial charge in [-0.15, -0.1) is 0 Å². The van der Waals surface area contributed by atoms with Crippen LogP contribution in [0.4, 0.5) is 5.69 Å². The van der Waals surface area contributed by atoms with Crippen molar-refractivity contribution in [3.63, 3.8) is 0 Å². The average Bonchev–Trinajstić information content (AvgIpc) is 3.13. The fourth-order valence-electron chi connectivity index (χ4n) is 6.06. The Morgan fingerprint density at radius 2 is 0.980 bits per heavy atom. The summed E-state index contributed by atoms with van der Waals surface area (Å²) in [7, 11) is 0. The summed E-state index contributed by atoms with van der Waals surface area (Å²) < 4.78 is 18.1. The molecule has 0 aromatic heterocycles. The van der Waals surface area contributed by atoms with Crippen molar-refractivity contribution in [1.29, 1.82) is 0 Å². The normalized spacial score (nSPS) is 12.7. The van der Waals surface area contributed by atoms with E-state index in [4.69, 9.17) is 19.3 Å². The van der Waals surface area contributed by atoms with Gasteiger partial charge in [0, 0.05) is 27.8 Å². The van der Waals surface area contributed by atoms with Gasteiger partial charge in [0.2, 0.25) is 0 Å². The van der Waals surface area contributed by atoms with Gasteiger partial charge in [0.25, 0.3) is 0 Å². The number of rotatable bonds is 21. The Hall–Kier alpha value is -4.53. The van der Waals surface area contributed by atoms with Gasteiger partial charge >= 0.3 is 0 Å². The minimum atomic E-state index is 0.0114. The maximum absolute atomic E-state index is 11.5. The van der Waals surface area contributed by atoms with Crippen molar-refractivity contribution in [1.82, 2.24) is 5.43 Å². The lowest BCUT2D eigenvalue weighted by Gasteiger charge is -2.29. The molecule has 4 N–H and O–H groups in total. The molecular weight excluding hydrogens is 642 g/mol. The maximum atomic E-state index is 11.5. The van der Waals surface area contributed by atoms with E-state index < -0.39 is 0 Å². The highest BCUT2D eigenvalue weighted by atomic mass is 16.5. The van der Waals surface area contributed by atoms with Crippen LogP contribution in [0.15, 0.2) is 47.6 Å². The van der Waals surface area contributed by atoms with E-state index in [1.165, 1.54) is 18.0 Å². The number of nitrogens with one attached hydrogen (secondary N) is 1. The van der Waals surface area contributed by atoms with E-state index in [9.17, 15) is 15.3 Å². The zero-order valence-corrected chi connectivity index (χ0v) is 31.6. The molecular formula is C42H59N3O6. The number of phenolic OH excluding ortho intramolecular Hbond substituents is 3. The molecule has 1 aliphatic rings. The van der Waals surface area contributed by atoms with Crippen LogP contribution >= 0.6 is 0 Å². The molecule has 0 spiro atoms. The molecule has 0 saturated carbocycles. The first-order valence-electron chi connectivity index (χ1n) is 19.0. The third-order valence-electron chi connectivity index (χ3n) is 9.40. The molecule has 9 heteroatoms. The smallest absolute Gasteiger partial charge is 0.149 e. The fourth-order valence-corrected chi connectivity index (χ4v) is 6.06. The zero-order valence-electron chi connectivity index (χ0n) is 31.6. The molecule has 0 aliphatic carbocycles. The van der Waals surface area contributed by atoms with Crippen LogP contribution in [-0.4, -0.2) is 40.9 Å². The van der Waals surface area contributed by atoms with E-state index in [-0.39, 0.29) is 17.2 Å². The Bertz CT molecular complexity index is 1650. The Morgan fingerprint density at radius 1 is 0.549 bits per heavy atom. The number of phenols is 3. The molecule has 3 aromatic rings. The van der Waals surface area contributed by atoms with Gasteiger partial charge < -0.3 is 29.5 Å². The molecule has 0 atom stereocenters. The van der Waals surface area contributed by atoms with Crippen LogP contribution in [0.25, 0.3) is 5.70 Å². The third-order valence-corrected chi connectivity index (χ3v) is 9.40. The quantitative estimate of drug-likeness (QED) is 0.0811. The van der Waals surface area contributed by atoms with Crippen LogP contribution < -0.4 is 24.8 Å². The molecule has 0 radical (unpaired) electrons. The number of hydrogen-bond donors (Lipinski definition) is 4. The van der Waals surface area contributed by atoms with Gasteiger partial charge in [-0.25, -0.2) is 0 Å². The lowest BCUT2D eigenvalue weighted by atomic mass is 10.00. The largest absolute Gasteiger partial charge is 0.507 e. The predicted octanol–water partition coefficient (Wildman–Crippen LogP) is 10.4. The van der Waals surface area contributed by atoms with Crippen molar-refractivity contribution in [3.8, 4) is 34.5 Å². The first-order valence-corrected chi connectivity index (χ1v) is 19.0. The lowest BCUT2D eigenvalue weighted by molar-refractivity contribution is 0.301. The molecule has 0 fully saturated rings. The molecule has 278 valence electrons. The highest BCUT2D eigenvalue weighted by Gasteiger charge is 2.26. The summed E-state index contributed by atoms with van der Waals surface area (Å²) in [6.07, 6.45) is 14.9. The standard InChI is InChI=1S/C42H59N3O6/c1-7-10-13-16-25-49-37-22-19-32(40(46)29(37)4)34-28-35(33-20-23-38(30(5)41(33)47)50-26-17-14-11-8-2)44-45(43-34)36-21-24-39(31(6)42(36)48)51-27-18-15-12-9-3/h19-24,28,43,46-48H,7-18,25-27H2,1-6H3. The second-order valence-corrected chi connectivity index (χ2v) is 13.4. The monoisotopic (exact) mass is 701 g/mol.